The highest BCUT2D eigenvalue weighted by molar-refractivity contribution is 7.86. The first-order valence-corrected chi connectivity index (χ1v) is 24.1. The molecule has 0 aliphatic carbocycles. The van der Waals surface area contributed by atoms with Gasteiger partial charge in [0.1, 0.15) is 0 Å². The molecule has 9 aromatic rings. The molecule has 0 saturated heterocycles. The Hall–Kier alpha value is -6.56. The van der Waals surface area contributed by atoms with Gasteiger partial charge in [-0.05, 0) is 122 Å². The fourth-order valence-corrected chi connectivity index (χ4v) is 14.7. The summed E-state index contributed by atoms with van der Waals surface area (Å²) in [5.74, 6) is -0.0614. The summed E-state index contributed by atoms with van der Waals surface area (Å²) < 4.78 is 16.0. The number of benzene rings is 7. The van der Waals surface area contributed by atoms with Crippen molar-refractivity contribution in [1.82, 2.24) is 0 Å². The molecule has 7 aromatic carbocycles. The van der Waals surface area contributed by atoms with Crippen molar-refractivity contribution >= 4 is 85.6 Å². The van der Waals surface area contributed by atoms with Crippen molar-refractivity contribution in [2.24, 2.45) is 0 Å². The van der Waals surface area contributed by atoms with Crippen molar-refractivity contribution < 1.29 is 9.36 Å². The van der Waals surface area contributed by atoms with Gasteiger partial charge < -0.3 is 14.4 Å². The molecule has 302 valence electrons. The smallest absolute Gasteiger partial charge is 0.214 e. The molecular weight excluding hydrogens is 816 g/mol. The average molecular weight is 859 g/mol. The highest BCUT2D eigenvalue weighted by Gasteiger charge is 2.44. The highest BCUT2D eigenvalue weighted by Crippen LogP contribution is 2.53. The lowest BCUT2D eigenvalue weighted by Gasteiger charge is -2.28. The van der Waals surface area contributed by atoms with E-state index in [9.17, 15) is 4.79 Å². The Kier molecular flexibility index (Phi) is 10.2. The molecule has 0 radical (unpaired) electrons. The Morgan fingerprint density at radius 2 is 0.726 bits per heavy atom. The van der Waals surface area contributed by atoms with Crippen LogP contribution < -0.4 is 25.7 Å². The van der Waals surface area contributed by atoms with Gasteiger partial charge in [0.15, 0.2) is 7.14 Å². The van der Waals surface area contributed by atoms with Crippen LogP contribution in [0.25, 0.3) is 20.9 Å². The number of ketones is 1. The quantitative estimate of drug-likeness (QED) is 0.136. The molecule has 0 spiro atoms. The van der Waals surface area contributed by atoms with E-state index in [1.54, 1.807) is 0 Å². The van der Waals surface area contributed by atoms with Crippen molar-refractivity contribution in [3.63, 3.8) is 0 Å². The van der Waals surface area contributed by atoms with Crippen molar-refractivity contribution in [3.8, 4) is 20.9 Å². The van der Waals surface area contributed by atoms with Gasteiger partial charge in [0.2, 0.25) is 5.78 Å². The molecule has 4 nitrogen and oxygen atoms in total. The number of rotatable bonds is 9. The molecule has 3 heterocycles. The number of thiophene rings is 2. The zero-order valence-electron chi connectivity index (χ0n) is 34.9. The van der Waals surface area contributed by atoms with Crippen molar-refractivity contribution in [2.45, 2.75) is 27.7 Å². The normalized spacial score (nSPS) is 12.7. The molecular formula is C55H43N2O2PS2. The lowest BCUT2D eigenvalue weighted by molar-refractivity contribution is 0.104. The maximum Gasteiger partial charge on any atom is 0.214 e. The Bertz CT molecular complexity index is 2900. The minimum absolute atomic E-state index is 0.0614. The van der Waals surface area contributed by atoms with Crippen LogP contribution in [0, 0.1) is 27.7 Å². The predicted octanol–water partition coefficient (Wildman–Crippen LogP) is 14.5. The summed E-state index contributed by atoms with van der Waals surface area (Å²) >= 11 is 2.89. The van der Waals surface area contributed by atoms with Gasteiger partial charge >= 0.3 is 0 Å². The number of fused-ring (bicyclic) bond motifs is 2. The Morgan fingerprint density at radius 3 is 1.06 bits per heavy atom. The maximum atomic E-state index is 16.0. The third kappa shape index (κ3) is 6.76. The highest BCUT2D eigenvalue weighted by atomic mass is 32.1. The van der Waals surface area contributed by atoms with Crippen LogP contribution in [0.4, 0.5) is 34.1 Å². The molecule has 2 aromatic heterocycles. The van der Waals surface area contributed by atoms with Crippen LogP contribution in [0.2, 0.25) is 0 Å². The summed E-state index contributed by atoms with van der Waals surface area (Å²) in [6, 6.07) is 64.5. The molecule has 62 heavy (non-hydrogen) atoms. The van der Waals surface area contributed by atoms with E-state index in [-0.39, 0.29) is 5.78 Å². The van der Waals surface area contributed by atoms with E-state index in [4.69, 9.17) is 0 Å². The summed E-state index contributed by atoms with van der Waals surface area (Å²) in [5, 5.41) is 1.98. The molecule has 1 aliphatic rings. The second-order valence-corrected chi connectivity index (χ2v) is 20.6. The Labute approximate surface area is 371 Å². The lowest BCUT2D eigenvalue weighted by atomic mass is 10.1. The molecule has 0 bridgehead atoms. The first-order chi connectivity index (χ1) is 30.2. The van der Waals surface area contributed by atoms with Crippen LogP contribution in [-0.2, 0) is 4.57 Å². The van der Waals surface area contributed by atoms with Crippen LogP contribution in [0.1, 0.15) is 36.8 Å². The van der Waals surface area contributed by atoms with Gasteiger partial charge in [0.25, 0.3) is 0 Å². The molecule has 0 saturated carbocycles. The Morgan fingerprint density at radius 1 is 0.403 bits per heavy atom. The first-order valence-electron chi connectivity index (χ1n) is 20.7. The number of carbonyl (C=O) groups excluding carboxylic acids is 1. The van der Waals surface area contributed by atoms with E-state index in [2.05, 4.69) is 183 Å². The predicted molar refractivity (Wildman–Crippen MR) is 264 cm³/mol. The molecule has 0 N–H and O–H groups in total. The third-order valence-corrected chi connectivity index (χ3v) is 17.6. The van der Waals surface area contributed by atoms with E-state index < -0.39 is 7.14 Å². The zero-order chi connectivity index (χ0) is 42.5. The number of nitrogens with zero attached hydrogens (tertiary/aromatic N) is 2. The minimum atomic E-state index is -3.43. The monoisotopic (exact) mass is 858 g/mol. The molecule has 0 atom stereocenters. The molecule has 0 fully saturated rings. The van der Waals surface area contributed by atoms with Crippen molar-refractivity contribution in [1.29, 1.82) is 0 Å². The van der Waals surface area contributed by atoms with Crippen LogP contribution in [0.3, 0.4) is 0 Å². The number of carbonyl (C=O) groups is 1. The van der Waals surface area contributed by atoms with Gasteiger partial charge in [0.05, 0.1) is 9.75 Å². The van der Waals surface area contributed by atoms with E-state index >= 15 is 4.57 Å². The van der Waals surface area contributed by atoms with Gasteiger partial charge in [0, 0.05) is 59.8 Å². The lowest BCUT2D eigenvalue weighted by Crippen LogP contribution is -2.33. The van der Waals surface area contributed by atoms with E-state index in [1.807, 2.05) is 42.5 Å². The SMILES string of the molecule is Cc1ccccc1N(c1ccc(-c2cc3c(s2)C(=O)c2sc(-c4ccc(N(c5ccccc5C)c5ccccc5C)cc4)cc2P3(=O)c2ccccc2)cc1)c1ccccc1C. The summed E-state index contributed by atoms with van der Waals surface area (Å²) in [7, 11) is -3.43. The third-order valence-electron chi connectivity index (χ3n) is 11.9. The molecule has 0 unspecified atom stereocenters. The average Bonchev–Trinajstić information content (AvgIpc) is 3.97. The fourth-order valence-electron chi connectivity index (χ4n) is 8.61. The van der Waals surface area contributed by atoms with Crippen LogP contribution >= 0.6 is 29.8 Å². The first kappa shape index (κ1) is 39.6. The zero-order valence-corrected chi connectivity index (χ0v) is 37.4. The van der Waals surface area contributed by atoms with Gasteiger partial charge in [-0.3, -0.25) is 4.79 Å². The summed E-state index contributed by atoms with van der Waals surface area (Å²) in [4.78, 5) is 22.2. The minimum Gasteiger partial charge on any atom is -0.310 e. The molecule has 7 heteroatoms. The number of anilines is 6. The summed E-state index contributed by atoms with van der Waals surface area (Å²) in [6.07, 6.45) is 0. The van der Waals surface area contributed by atoms with Gasteiger partial charge in [-0.15, -0.1) is 22.7 Å². The second kappa shape index (κ2) is 16.0. The number of hydrogen-bond acceptors (Lipinski definition) is 6. The molecule has 10 rings (SSSR count). The topological polar surface area (TPSA) is 40.6 Å². The van der Waals surface area contributed by atoms with Gasteiger partial charge in [-0.25, -0.2) is 0 Å². The molecule has 0 amide bonds. The van der Waals surface area contributed by atoms with Gasteiger partial charge in [-0.1, -0.05) is 127 Å². The standard InChI is InChI=1S/C55H43N2O2PS2/c1-36-16-8-12-22-45(36)56(46-23-13-9-17-37(46)2)42-30-26-40(27-31-42)51-34-49-54(61-51)53(58)55-50(60(49,59)44-20-6-5-7-21-44)35-52(62-55)41-28-32-43(33-29-41)57(47-24-14-10-18-38(47)3)48-25-15-11-19-39(48)4/h5-35H,1-4H3. The number of hydrogen-bond donors (Lipinski definition) is 0. The summed E-state index contributed by atoms with van der Waals surface area (Å²) in [6.45, 7) is 8.55. The molecule has 1 aliphatic heterocycles. The van der Waals surface area contributed by atoms with Crippen LogP contribution in [0.5, 0.6) is 0 Å². The van der Waals surface area contributed by atoms with Crippen LogP contribution in [-0.4, -0.2) is 5.78 Å². The fraction of sp³-hybridized carbons (Fsp3) is 0.0727. The van der Waals surface area contributed by atoms with Crippen molar-refractivity contribution in [2.75, 3.05) is 9.80 Å². The maximum absolute atomic E-state index is 16.0. The van der Waals surface area contributed by atoms with Crippen LogP contribution in [0.15, 0.2) is 188 Å². The Balaban J connectivity index is 1.03. The number of para-hydroxylation sites is 4. The van der Waals surface area contributed by atoms with Crippen molar-refractivity contribution in [3.05, 3.63) is 220 Å². The summed E-state index contributed by atoms with van der Waals surface area (Å²) in [5.41, 5.74) is 13.2. The number of aryl methyl sites for hydroxylation is 4. The largest absolute Gasteiger partial charge is 0.310 e. The van der Waals surface area contributed by atoms with E-state index in [1.165, 1.54) is 44.9 Å². The van der Waals surface area contributed by atoms with Gasteiger partial charge in [-0.2, -0.15) is 0 Å². The second-order valence-electron chi connectivity index (χ2n) is 15.8. The van der Waals surface area contributed by atoms with E-state index in [0.717, 1.165) is 60.3 Å². The van der Waals surface area contributed by atoms with E-state index in [0.29, 0.717) is 20.4 Å².